The van der Waals surface area contributed by atoms with Crippen molar-refractivity contribution in [2.75, 3.05) is 6.61 Å². The van der Waals surface area contributed by atoms with Gasteiger partial charge in [0.2, 0.25) is 0 Å². The first-order valence-corrected chi connectivity index (χ1v) is 16.9. The molecule has 10 atom stereocenters. The first kappa shape index (κ1) is 36.2. The van der Waals surface area contributed by atoms with Crippen LogP contribution in [0.15, 0.2) is 47.6 Å². The number of allylic oxidation sites excluding steroid dienone is 2. The van der Waals surface area contributed by atoms with Crippen LogP contribution in [0.25, 0.3) is 0 Å². The van der Waals surface area contributed by atoms with Gasteiger partial charge in [-0.15, -0.1) is 0 Å². The van der Waals surface area contributed by atoms with Crippen molar-refractivity contribution in [3.05, 3.63) is 47.6 Å². The van der Waals surface area contributed by atoms with E-state index in [-0.39, 0.29) is 12.3 Å². The predicted molar refractivity (Wildman–Crippen MR) is 173 cm³/mol. The van der Waals surface area contributed by atoms with Crippen LogP contribution in [0.1, 0.15) is 93.4 Å². The summed E-state index contributed by atoms with van der Waals surface area (Å²) in [6, 6.07) is 0. The van der Waals surface area contributed by atoms with E-state index in [1.165, 1.54) is 38.3 Å². The quantitative estimate of drug-likeness (QED) is 0.0748. The highest BCUT2D eigenvalue weighted by Crippen LogP contribution is 2.77. The molecule has 9 heteroatoms. The Kier molecular flexibility index (Phi) is 10.6. The van der Waals surface area contributed by atoms with E-state index in [4.69, 9.17) is 9.47 Å². The maximum Gasteiger partial charge on any atom is 0.331 e. The lowest BCUT2D eigenvalue weighted by Gasteiger charge is -2.53. The number of unbranched alkanes of at least 4 members (excludes halogenated alkanes) is 4. The molecule has 4 aliphatic carbocycles. The number of hydrogen-bond donors (Lipinski definition) is 4. The van der Waals surface area contributed by atoms with Crippen molar-refractivity contribution in [2.24, 2.45) is 35.0 Å². The number of ketones is 1. The molecule has 0 radical (unpaired) electrons. The predicted octanol–water partition coefficient (Wildman–Crippen LogP) is 4.52. The Morgan fingerprint density at radius 1 is 1.11 bits per heavy atom. The molecule has 0 bridgehead atoms. The summed E-state index contributed by atoms with van der Waals surface area (Å²) in [6.45, 7) is 12.0. The molecule has 0 heterocycles. The summed E-state index contributed by atoms with van der Waals surface area (Å²) in [4.78, 5) is 39.1. The molecule has 0 spiro atoms. The summed E-state index contributed by atoms with van der Waals surface area (Å²) >= 11 is 0. The number of Topliss-reactive ketones (excluding diaryl/α,β-unsaturated/α-hetero) is 1. The number of fused-ring (bicyclic) bond motifs is 5. The van der Waals surface area contributed by atoms with Crippen molar-refractivity contribution in [3.63, 3.8) is 0 Å². The zero-order valence-electron chi connectivity index (χ0n) is 28.5. The minimum atomic E-state index is -1.98. The second kappa shape index (κ2) is 13.5. The molecule has 0 aromatic rings. The van der Waals surface area contributed by atoms with Gasteiger partial charge in [-0.2, -0.15) is 0 Å². The summed E-state index contributed by atoms with van der Waals surface area (Å²) < 4.78 is 12.1. The van der Waals surface area contributed by atoms with Crippen LogP contribution < -0.4 is 0 Å². The molecule has 0 saturated heterocycles. The highest BCUT2D eigenvalue weighted by atomic mass is 16.6. The lowest BCUT2D eigenvalue weighted by Crippen LogP contribution is -2.66. The maximum atomic E-state index is 13.3. The van der Waals surface area contributed by atoms with Gasteiger partial charge in [0, 0.05) is 54.4 Å². The van der Waals surface area contributed by atoms with Crippen molar-refractivity contribution in [2.45, 2.75) is 122 Å². The van der Waals surface area contributed by atoms with Gasteiger partial charge in [-0.1, -0.05) is 97.1 Å². The average molecular weight is 643 g/mol. The van der Waals surface area contributed by atoms with E-state index in [9.17, 15) is 34.8 Å². The minimum absolute atomic E-state index is 0.104. The van der Waals surface area contributed by atoms with Crippen LogP contribution in [0.2, 0.25) is 0 Å². The van der Waals surface area contributed by atoms with E-state index in [0.717, 1.165) is 12.8 Å². The number of carbonyl (C=O) groups is 3. The normalized spacial score (nSPS) is 37.5. The molecule has 4 aliphatic rings. The lowest BCUT2D eigenvalue weighted by molar-refractivity contribution is -0.226. The molecule has 2 unspecified atom stereocenters. The molecule has 2 saturated carbocycles. The number of carbonyl (C=O) groups excluding carboxylic acids is 3. The fourth-order valence-corrected chi connectivity index (χ4v) is 8.95. The molecular weight excluding hydrogens is 588 g/mol. The van der Waals surface area contributed by atoms with Crippen molar-refractivity contribution in [1.82, 2.24) is 0 Å². The summed E-state index contributed by atoms with van der Waals surface area (Å²) in [6.07, 6.45) is 14.2. The molecule has 46 heavy (non-hydrogen) atoms. The molecule has 9 nitrogen and oxygen atoms in total. The second-order valence-electron chi connectivity index (χ2n) is 14.8. The van der Waals surface area contributed by atoms with Crippen LogP contribution in [0, 0.1) is 35.0 Å². The van der Waals surface area contributed by atoms with Gasteiger partial charge < -0.3 is 29.9 Å². The summed E-state index contributed by atoms with van der Waals surface area (Å²) in [7, 11) is 0. The van der Waals surface area contributed by atoms with Crippen LogP contribution in [-0.2, 0) is 23.9 Å². The molecule has 256 valence electrons. The first-order valence-electron chi connectivity index (χ1n) is 16.9. The highest BCUT2D eigenvalue weighted by Gasteiger charge is 2.87. The number of aliphatic hydroxyl groups excluding tert-OH is 2. The third kappa shape index (κ3) is 5.97. The van der Waals surface area contributed by atoms with Gasteiger partial charge in [0.05, 0.1) is 18.3 Å². The van der Waals surface area contributed by atoms with Gasteiger partial charge in [-0.05, 0) is 24.5 Å². The second-order valence-corrected chi connectivity index (χ2v) is 14.8. The zero-order valence-corrected chi connectivity index (χ0v) is 28.5. The number of esters is 2. The Hall–Kier alpha value is -2.59. The molecule has 0 aromatic carbocycles. The van der Waals surface area contributed by atoms with Crippen LogP contribution in [0.5, 0.6) is 0 Å². The Labute approximate surface area is 273 Å². The monoisotopic (exact) mass is 642 g/mol. The molecule has 4 rings (SSSR count). The van der Waals surface area contributed by atoms with Crippen LogP contribution in [0.4, 0.5) is 0 Å². The standard InChI is InChI=1S/C37H54O9/c1-8-9-10-11-12-16-28(40)22(2)15-13-14-17-30(41)45-33-24(4)36(44)27(31-34(6,7)37(31,33)46-25(5)39)19-26(21-38)20-35(43)29(36)18-23(3)32(35)42/h13-15,17-19,22,24,27-29,31,33,38,40,43-44H,8-12,16,20-21H2,1-7H3/b15-13+,17-14+/t22?,24-,27+,28?,29-,31+,33-,35-,36-,37-/m1/s1. The topological polar surface area (TPSA) is 151 Å². The van der Waals surface area contributed by atoms with Gasteiger partial charge in [-0.3, -0.25) is 9.59 Å². The molecule has 0 aromatic heterocycles. The van der Waals surface area contributed by atoms with Crippen molar-refractivity contribution in [3.8, 4) is 0 Å². The fraction of sp³-hybridized carbons (Fsp3) is 0.703. The Morgan fingerprint density at radius 3 is 2.41 bits per heavy atom. The van der Waals surface area contributed by atoms with Gasteiger partial charge in [-0.25, -0.2) is 4.79 Å². The van der Waals surface area contributed by atoms with Gasteiger partial charge in [0.25, 0.3) is 0 Å². The number of aliphatic hydroxyl groups is 4. The molecule has 0 amide bonds. The first-order chi connectivity index (χ1) is 21.5. The third-order valence-electron chi connectivity index (χ3n) is 11.5. The Balaban J connectivity index is 1.60. The third-order valence-corrected chi connectivity index (χ3v) is 11.5. The maximum absolute atomic E-state index is 13.3. The number of hydrogen-bond acceptors (Lipinski definition) is 9. The van der Waals surface area contributed by atoms with Crippen LogP contribution in [0.3, 0.4) is 0 Å². The Morgan fingerprint density at radius 2 is 1.78 bits per heavy atom. The van der Waals surface area contributed by atoms with E-state index in [1.54, 1.807) is 32.1 Å². The largest absolute Gasteiger partial charge is 0.455 e. The minimum Gasteiger partial charge on any atom is -0.455 e. The van der Waals surface area contributed by atoms with E-state index in [2.05, 4.69) is 6.92 Å². The van der Waals surface area contributed by atoms with Gasteiger partial charge >= 0.3 is 11.9 Å². The van der Waals surface area contributed by atoms with Crippen molar-refractivity contribution in [1.29, 1.82) is 0 Å². The summed E-state index contributed by atoms with van der Waals surface area (Å²) in [5.41, 5.74) is -5.08. The average Bonchev–Trinajstić information content (AvgIpc) is 3.41. The fourth-order valence-electron chi connectivity index (χ4n) is 8.95. The molecular formula is C37H54O9. The smallest absolute Gasteiger partial charge is 0.331 e. The Bertz CT molecular complexity index is 1310. The highest BCUT2D eigenvalue weighted by molar-refractivity contribution is 6.04. The van der Waals surface area contributed by atoms with Crippen molar-refractivity contribution >= 4 is 17.7 Å². The van der Waals surface area contributed by atoms with E-state index in [0.29, 0.717) is 17.6 Å². The molecule has 2 fully saturated rings. The molecule has 4 N–H and O–H groups in total. The molecule has 0 aliphatic heterocycles. The lowest BCUT2D eigenvalue weighted by atomic mass is 9.59. The van der Waals surface area contributed by atoms with E-state index >= 15 is 0 Å². The van der Waals surface area contributed by atoms with Gasteiger partial charge in [0.1, 0.15) is 11.7 Å². The summed E-state index contributed by atoms with van der Waals surface area (Å²) in [5.74, 6) is -5.07. The van der Waals surface area contributed by atoms with E-state index in [1.807, 2.05) is 26.8 Å². The number of ether oxygens (including phenoxy) is 2. The van der Waals surface area contributed by atoms with Crippen LogP contribution in [-0.4, -0.2) is 73.8 Å². The summed E-state index contributed by atoms with van der Waals surface area (Å²) in [5, 5.41) is 45.3. The number of rotatable bonds is 13. The van der Waals surface area contributed by atoms with E-state index < -0.39 is 82.4 Å². The SMILES string of the molecule is CCCCCCCC(O)C(C)/C=C/C=C/C(=O)O[C@@H]1[C@@H](C)[C@@]2(O)[C@@H](C=C(CO)C[C@]3(O)C(=O)C(C)=C[C@@H]23)[C@H]2C(C)(C)[C@]12OC(C)=O. The van der Waals surface area contributed by atoms with Crippen molar-refractivity contribution < 1.29 is 44.3 Å². The van der Waals surface area contributed by atoms with Crippen LogP contribution >= 0.6 is 0 Å². The zero-order chi connectivity index (χ0) is 34.2. The van der Waals surface area contributed by atoms with Gasteiger partial charge in [0.15, 0.2) is 11.4 Å².